The lowest BCUT2D eigenvalue weighted by Gasteiger charge is -2.16. The highest BCUT2D eigenvalue weighted by Gasteiger charge is 2.14. The van der Waals surface area contributed by atoms with Crippen LogP contribution in [0.25, 0.3) is 0 Å². The number of carbonyl (C=O) groups excluding carboxylic acids is 1. The Morgan fingerprint density at radius 2 is 1.86 bits per heavy atom. The molecule has 29 heavy (non-hydrogen) atoms. The van der Waals surface area contributed by atoms with Crippen molar-refractivity contribution in [1.29, 1.82) is 0 Å². The van der Waals surface area contributed by atoms with Gasteiger partial charge in [-0.15, -0.1) is 0 Å². The summed E-state index contributed by atoms with van der Waals surface area (Å²) in [5, 5.41) is 9.38. The predicted molar refractivity (Wildman–Crippen MR) is 121 cm³/mol. The molecule has 0 aromatic heterocycles. The Labute approximate surface area is 181 Å². The van der Waals surface area contributed by atoms with Crippen molar-refractivity contribution in [3.8, 4) is 11.5 Å². The van der Waals surface area contributed by atoms with E-state index < -0.39 is 0 Å². The number of rotatable bonds is 12. The van der Waals surface area contributed by atoms with Gasteiger partial charge in [0.05, 0.1) is 11.1 Å². The maximum absolute atomic E-state index is 12.2. The minimum Gasteiger partial charge on any atom is -0.490 e. The highest BCUT2D eigenvalue weighted by Crippen LogP contribution is 2.37. The maximum atomic E-state index is 12.2. The van der Waals surface area contributed by atoms with Crippen molar-refractivity contribution in [2.24, 2.45) is 0 Å². The lowest BCUT2D eigenvalue weighted by Crippen LogP contribution is -2.21. The van der Waals surface area contributed by atoms with E-state index in [-0.39, 0.29) is 12.5 Å². The van der Waals surface area contributed by atoms with Gasteiger partial charge >= 0.3 is 0 Å². The normalized spacial score (nSPS) is 10.6. The molecule has 1 amide bonds. The van der Waals surface area contributed by atoms with Gasteiger partial charge in [0.15, 0.2) is 18.1 Å². The summed E-state index contributed by atoms with van der Waals surface area (Å²) in [7, 11) is 1.95. The van der Waals surface area contributed by atoms with Crippen LogP contribution in [0, 0.1) is 6.92 Å². The van der Waals surface area contributed by atoms with Crippen LogP contribution in [-0.4, -0.2) is 39.3 Å². The highest BCUT2D eigenvalue weighted by atomic mass is 79.9. The van der Waals surface area contributed by atoms with E-state index in [0.717, 1.165) is 47.3 Å². The van der Waals surface area contributed by atoms with Crippen LogP contribution < -0.4 is 25.4 Å². The molecule has 0 radical (unpaired) electrons. The summed E-state index contributed by atoms with van der Waals surface area (Å²) in [6, 6.07) is 11.6. The van der Waals surface area contributed by atoms with Crippen molar-refractivity contribution >= 4 is 27.5 Å². The number of benzene rings is 2. The lowest BCUT2D eigenvalue weighted by molar-refractivity contribution is -0.118. The zero-order valence-corrected chi connectivity index (χ0v) is 18.9. The molecule has 0 aliphatic rings. The van der Waals surface area contributed by atoms with E-state index in [2.05, 4.69) is 31.9 Å². The number of carbonyl (C=O) groups is 1. The van der Waals surface area contributed by atoms with Gasteiger partial charge in [-0.25, -0.2) is 0 Å². The maximum Gasteiger partial charge on any atom is 0.262 e. The average Bonchev–Trinajstić information content (AvgIpc) is 2.69. The van der Waals surface area contributed by atoms with Gasteiger partial charge in [-0.2, -0.15) is 0 Å². The molecule has 0 aliphatic heterocycles. The monoisotopic (exact) mass is 463 g/mol. The van der Waals surface area contributed by atoms with Crippen molar-refractivity contribution in [1.82, 2.24) is 10.6 Å². The van der Waals surface area contributed by atoms with Gasteiger partial charge in [-0.3, -0.25) is 4.79 Å². The first kappa shape index (κ1) is 23.2. The van der Waals surface area contributed by atoms with Crippen LogP contribution in [-0.2, 0) is 11.3 Å². The van der Waals surface area contributed by atoms with Gasteiger partial charge in [0.2, 0.25) is 0 Å². The number of aryl methyl sites for hydroxylation is 1. The van der Waals surface area contributed by atoms with Gasteiger partial charge in [0.1, 0.15) is 0 Å². The minimum atomic E-state index is -0.224. The topological polar surface area (TPSA) is 71.6 Å². The summed E-state index contributed by atoms with van der Waals surface area (Å²) in [6.45, 7) is 6.98. The van der Waals surface area contributed by atoms with Gasteiger partial charge in [0.25, 0.3) is 5.91 Å². The Balaban J connectivity index is 1.97. The van der Waals surface area contributed by atoms with Crippen LogP contribution in [0.15, 0.2) is 40.9 Å². The summed E-state index contributed by atoms with van der Waals surface area (Å²) >= 11 is 3.55. The van der Waals surface area contributed by atoms with Crippen molar-refractivity contribution in [2.45, 2.75) is 26.8 Å². The van der Waals surface area contributed by atoms with Crippen molar-refractivity contribution < 1.29 is 14.3 Å². The van der Waals surface area contributed by atoms with Crippen LogP contribution in [0.3, 0.4) is 0 Å². The molecule has 0 atom stereocenters. The Bertz CT molecular complexity index is 782. The zero-order chi connectivity index (χ0) is 21.1. The van der Waals surface area contributed by atoms with E-state index in [1.165, 1.54) is 0 Å². The zero-order valence-electron chi connectivity index (χ0n) is 17.3. The van der Waals surface area contributed by atoms with Crippen molar-refractivity contribution in [3.63, 3.8) is 0 Å². The number of hydrogen-bond acceptors (Lipinski definition) is 5. The molecule has 0 aliphatic carbocycles. The Hall–Kier alpha value is -2.09. The molecule has 2 rings (SSSR count). The van der Waals surface area contributed by atoms with Crippen LogP contribution in [0.1, 0.15) is 24.5 Å². The second kappa shape index (κ2) is 12.5. The quantitative estimate of drug-likeness (QED) is 0.416. The third kappa shape index (κ3) is 8.04. The fraction of sp³-hybridized carbons (Fsp3) is 0.409. The molecular weight excluding hydrogens is 434 g/mol. The highest BCUT2D eigenvalue weighted by molar-refractivity contribution is 9.10. The molecule has 0 saturated heterocycles. The van der Waals surface area contributed by atoms with E-state index >= 15 is 0 Å². The van der Waals surface area contributed by atoms with E-state index in [0.29, 0.717) is 18.1 Å². The molecule has 2 aromatic rings. The standard InChI is InChI=1S/C22H30BrN3O3/c1-4-28-20-13-17(14-25-11-5-10-24-3)12-19(23)22(20)29-15-21(27)26-18-8-6-16(2)7-9-18/h6-9,12-13,24-25H,4-5,10-11,14-15H2,1-3H3,(H,26,27). The van der Waals surface area contributed by atoms with Gasteiger partial charge < -0.3 is 25.4 Å². The third-order valence-electron chi connectivity index (χ3n) is 4.16. The van der Waals surface area contributed by atoms with Gasteiger partial charge in [0, 0.05) is 12.2 Å². The average molecular weight is 464 g/mol. The van der Waals surface area contributed by atoms with Crippen molar-refractivity contribution in [2.75, 3.05) is 38.7 Å². The summed E-state index contributed by atoms with van der Waals surface area (Å²) in [4.78, 5) is 12.2. The van der Waals surface area contributed by atoms with E-state index in [1.54, 1.807) is 0 Å². The smallest absolute Gasteiger partial charge is 0.262 e. The molecule has 7 heteroatoms. The number of ether oxygens (including phenoxy) is 2. The number of hydrogen-bond donors (Lipinski definition) is 3. The van der Waals surface area contributed by atoms with Gasteiger partial charge in [-0.05, 0) is 86.2 Å². The van der Waals surface area contributed by atoms with E-state index in [9.17, 15) is 4.79 Å². The van der Waals surface area contributed by atoms with E-state index in [4.69, 9.17) is 9.47 Å². The molecule has 0 heterocycles. The number of anilines is 1. The molecule has 6 nitrogen and oxygen atoms in total. The summed E-state index contributed by atoms with van der Waals surface area (Å²) in [6.07, 6.45) is 1.06. The van der Waals surface area contributed by atoms with E-state index in [1.807, 2.05) is 57.3 Å². The molecule has 0 fully saturated rings. The fourth-order valence-corrected chi connectivity index (χ4v) is 3.32. The van der Waals surface area contributed by atoms with Crippen LogP contribution >= 0.6 is 15.9 Å². The molecule has 0 unspecified atom stereocenters. The first-order chi connectivity index (χ1) is 14.0. The largest absolute Gasteiger partial charge is 0.490 e. The molecule has 0 bridgehead atoms. The Morgan fingerprint density at radius 1 is 1.10 bits per heavy atom. The third-order valence-corrected chi connectivity index (χ3v) is 4.75. The SMILES string of the molecule is CCOc1cc(CNCCCNC)cc(Br)c1OCC(=O)Nc1ccc(C)cc1. The lowest BCUT2D eigenvalue weighted by atomic mass is 10.2. The Morgan fingerprint density at radius 3 is 2.55 bits per heavy atom. The van der Waals surface area contributed by atoms with Crippen molar-refractivity contribution in [3.05, 3.63) is 52.0 Å². The molecule has 0 spiro atoms. The summed E-state index contributed by atoms with van der Waals surface area (Å²) < 4.78 is 12.3. The second-order valence-corrected chi connectivity index (χ2v) is 7.53. The van der Waals surface area contributed by atoms with Crippen LogP contribution in [0.2, 0.25) is 0 Å². The second-order valence-electron chi connectivity index (χ2n) is 6.67. The first-order valence-corrected chi connectivity index (χ1v) is 10.6. The first-order valence-electron chi connectivity index (χ1n) is 9.83. The summed E-state index contributed by atoms with van der Waals surface area (Å²) in [5.74, 6) is 0.931. The van der Waals surface area contributed by atoms with Crippen LogP contribution in [0.5, 0.6) is 11.5 Å². The minimum absolute atomic E-state index is 0.103. The Kier molecular flexibility index (Phi) is 9.97. The molecule has 0 saturated carbocycles. The molecule has 158 valence electrons. The summed E-state index contributed by atoms with van der Waals surface area (Å²) in [5.41, 5.74) is 2.97. The molecule has 3 N–H and O–H groups in total. The predicted octanol–water partition coefficient (Wildman–Crippen LogP) is 3.87. The molecule has 2 aromatic carbocycles. The van der Waals surface area contributed by atoms with Crippen LogP contribution in [0.4, 0.5) is 5.69 Å². The molecular formula is C22H30BrN3O3. The number of halogens is 1. The number of amides is 1. The van der Waals surface area contributed by atoms with Gasteiger partial charge in [-0.1, -0.05) is 17.7 Å². The fourth-order valence-electron chi connectivity index (χ4n) is 2.72. The number of nitrogens with one attached hydrogen (secondary N) is 3.